The highest BCUT2D eigenvalue weighted by molar-refractivity contribution is 5.28. The van der Waals surface area contributed by atoms with Gasteiger partial charge >= 0.3 is 0 Å². The van der Waals surface area contributed by atoms with Crippen molar-refractivity contribution in [3.8, 4) is 0 Å². The van der Waals surface area contributed by atoms with E-state index >= 15 is 0 Å². The molecule has 1 aliphatic heterocycles. The number of hydrogen-bond acceptors (Lipinski definition) is 1. The van der Waals surface area contributed by atoms with Gasteiger partial charge in [0, 0.05) is 0 Å². The molecule has 1 nitrogen and oxygen atoms in total. The van der Waals surface area contributed by atoms with E-state index in [4.69, 9.17) is 0 Å². The van der Waals surface area contributed by atoms with Crippen LogP contribution in [-0.2, 0) is 0 Å². The standard InChI is InChI=1S/C10H14N/c1-2-4-9(3-1)10-5-7-11-8-6-10/h5-9,11H,1-4H2. The Bertz CT molecular complexity index is 185. The summed E-state index contributed by atoms with van der Waals surface area (Å²) >= 11 is 0. The van der Waals surface area contributed by atoms with Gasteiger partial charge in [0.15, 0.2) is 0 Å². The van der Waals surface area contributed by atoms with Crippen molar-refractivity contribution in [3.63, 3.8) is 0 Å². The first-order chi connectivity index (χ1) is 5.47. The predicted octanol–water partition coefficient (Wildman–Crippen LogP) is 2.38. The van der Waals surface area contributed by atoms with Crippen LogP contribution in [0.4, 0.5) is 0 Å². The van der Waals surface area contributed by atoms with E-state index in [1.165, 1.54) is 31.3 Å². The van der Waals surface area contributed by atoms with E-state index in [0.29, 0.717) is 0 Å². The van der Waals surface area contributed by atoms with Crippen LogP contribution in [0, 0.1) is 12.5 Å². The van der Waals surface area contributed by atoms with E-state index in [1.54, 1.807) is 0 Å². The summed E-state index contributed by atoms with van der Waals surface area (Å²) in [5.41, 5.74) is 1.52. The zero-order valence-corrected chi connectivity index (χ0v) is 6.72. The molecule has 2 aliphatic rings. The van der Waals surface area contributed by atoms with Gasteiger partial charge in [-0.2, -0.15) is 0 Å². The molecule has 0 amide bonds. The quantitative estimate of drug-likeness (QED) is 0.602. The van der Waals surface area contributed by atoms with Gasteiger partial charge in [-0.3, -0.25) is 0 Å². The minimum atomic E-state index is 0.851. The summed E-state index contributed by atoms with van der Waals surface area (Å²) in [5.74, 6) is 0.851. The lowest BCUT2D eigenvalue weighted by Gasteiger charge is -2.13. The number of allylic oxidation sites excluding steroid dienone is 2. The first-order valence-corrected chi connectivity index (χ1v) is 4.43. The van der Waals surface area contributed by atoms with Crippen molar-refractivity contribution in [3.05, 3.63) is 30.5 Å². The zero-order valence-electron chi connectivity index (χ0n) is 6.72. The highest BCUT2D eigenvalue weighted by Crippen LogP contribution is 2.32. The average Bonchev–Trinajstić information content (AvgIpc) is 2.58. The number of nitrogens with one attached hydrogen (secondary N) is 1. The summed E-state index contributed by atoms with van der Waals surface area (Å²) in [6.07, 6.45) is 12.1. The molecule has 2 rings (SSSR count). The molecule has 0 aromatic heterocycles. The molecular formula is C10H14N. The van der Waals surface area contributed by atoms with Crippen LogP contribution >= 0.6 is 0 Å². The maximum absolute atomic E-state index is 3.06. The van der Waals surface area contributed by atoms with Gasteiger partial charge in [-0.25, -0.2) is 0 Å². The van der Waals surface area contributed by atoms with E-state index in [0.717, 1.165) is 5.92 Å². The molecule has 1 fully saturated rings. The fourth-order valence-corrected chi connectivity index (χ4v) is 1.93. The molecule has 0 atom stereocenters. The summed E-state index contributed by atoms with van der Waals surface area (Å²) < 4.78 is 0. The van der Waals surface area contributed by atoms with Gasteiger partial charge in [0.05, 0.1) is 6.54 Å². The van der Waals surface area contributed by atoms with Crippen LogP contribution < -0.4 is 5.32 Å². The van der Waals surface area contributed by atoms with Crippen molar-refractivity contribution < 1.29 is 0 Å². The third-order valence-electron chi connectivity index (χ3n) is 2.57. The van der Waals surface area contributed by atoms with E-state index in [9.17, 15) is 0 Å². The minimum Gasteiger partial charge on any atom is -0.382 e. The molecule has 1 aliphatic carbocycles. The Morgan fingerprint density at radius 1 is 1.27 bits per heavy atom. The van der Waals surface area contributed by atoms with Crippen molar-refractivity contribution in [1.82, 2.24) is 5.32 Å². The molecule has 0 aromatic carbocycles. The highest BCUT2D eigenvalue weighted by atomic mass is 14.8. The van der Waals surface area contributed by atoms with Gasteiger partial charge in [0.1, 0.15) is 0 Å². The van der Waals surface area contributed by atoms with Gasteiger partial charge < -0.3 is 5.32 Å². The van der Waals surface area contributed by atoms with Crippen molar-refractivity contribution in [1.29, 1.82) is 0 Å². The number of hydrogen-bond donors (Lipinski definition) is 1. The summed E-state index contributed by atoms with van der Waals surface area (Å²) in [6.45, 7) is 2.02. The molecule has 0 bridgehead atoms. The van der Waals surface area contributed by atoms with Gasteiger partial charge in [0.25, 0.3) is 0 Å². The third-order valence-corrected chi connectivity index (χ3v) is 2.57. The zero-order chi connectivity index (χ0) is 7.52. The molecule has 1 saturated carbocycles. The Labute approximate surface area is 68.2 Å². The predicted molar refractivity (Wildman–Crippen MR) is 46.6 cm³/mol. The van der Waals surface area contributed by atoms with Crippen LogP contribution in [-0.4, -0.2) is 0 Å². The van der Waals surface area contributed by atoms with E-state index < -0.39 is 0 Å². The van der Waals surface area contributed by atoms with Crippen LogP contribution in [0.5, 0.6) is 0 Å². The molecule has 1 radical (unpaired) electrons. The molecule has 1 heteroatoms. The molecular weight excluding hydrogens is 134 g/mol. The van der Waals surface area contributed by atoms with Crippen LogP contribution in [0.1, 0.15) is 25.7 Å². The van der Waals surface area contributed by atoms with Gasteiger partial charge in [-0.05, 0) is 36.6 Å². The number of dihydropyridines is 1. The lowest BCUT2D eigenvalue weighted by molar-refractivity contribution is 0.653. The Hall–Kier alpha value is -0.720. The average molecular weight is 148 g/mol. The normalized spacial score (nSPS) is 24.9. The summed E-state index contributed by atoms with van der Waals surface area (Å²) in [4.78, 5) is 0. The van der Waals surface area contributed by atoms with E-state index in [-0.39, 0.29) is 0 Å². The maximum atomic E-state index is 3.06. The maximum Gasteiger partial charge on any atom is 0.0682 e. The van der Waals surface area contributed by atoms with Crippen molar-refractivity contribution >= 4 is 0 Å². The highest BCUT2D eigenvalue weighted by Gasteiger charge is 2.17. The molecule has 0 saturated heterocycles. The fraction of sp³-hybridized carbons (Fsp3) is 0.500. The Balaban J connectivity index is 2.02. The van der Waals surface area contributed by atoms with E-state index in [2.05, 4.69) is 17.5 Å². The summed E-state index contributed by atoms with van der Waals surface area (Å²) in [6, 6.07) is 0. The molecule has 11 heavy (non-hydrogen) atoms. The van der Waals surface area contributed by atoms with Gasteiger partial charge in [0.2, 0.25) is 0 Å². The van der Waals surface area contributed by atoms with Crippen molar-refractivity contribution in [2.75, 3.05) is 0 Å². The smallest absolute Gasteiger partial charge is 0.0682 e. The third kappa shape index (κ3) is 1.47. The van der Waals surface area contributed by atoms with E-state index in [1.807, 2.05) is 12.7 Å². The molecule has 59 valence electrons. The topological polar surface area (TPSA) is 12.0 Å². The second-order valence-electron chi connectivity index (χ2n) is 3.31. The molecule has 1 heterocycles. The Morgan fingerprint density at radius 3 is 2.73 bits per heavy atom. The minimum absolute atomic E-state index is 0.851. The van der Waals surface area contributed by atoms with Gasteiger partial charge in [-0.15, -0.1) is 0 Å². The number of rotatable bonds is 1. The van der Waals surface area contributed by atoms with Crippen molar-refractivity contribution in [2.45, 2.75) is 25.7 Å². The van der Waals surface area contributed by atoms with Crippen LogP contribution in [0.2, 0.25) is 0 Å². The fourth-order valence-electron chi connectivity index (χ4n) is 1.93. The first kappa shape index (κ1) is 6.96. The van der Waals surface area contributed by atoms with Crippen LogP contribution in [0.25, 0.3) is 0 Å². The monoisotopic (exact) mass is 148 g/mol. The molecule has 0 aromatic rings. The van der Waals surface area contributed by atoms with Crippen LogP contribution in [0.3, 0.4) is 0 Å². The first-order valence-electron chi connectivity index (χ1n) is 4.43. The second kappa shape index (κ2) is 3.12. The lowest BCUT2D eigenvalue weighted by atomic mass is 9.96. The molecule has 0 unspecified atom stereocenters. The van der Waals surface area contributed by atoms with Crippen LogP contribution in [0.15, 0.2) is 23.9 Å². The van der Waals surface area contributed by atoms with Gasteiger partial charge in [-0.1, -0.05) is 18.9 Å². The summed E-state index contributed by atoms with van der Waals surface area (Å²) in [7, 11) is 0. The van der Waals surface area contributed by atoms with Crippen molar-refractivity contribution in [2.24, 2.45) is 5.92 Å². The molecule has 1 N–H and O–H groups in total. The Kier molecular flexibility index (Phi) is 1.97. The second-order valence-corrected chi connectivity index (χ2v) is 3.31. The largest absolute Gasteiger partial charge is 0.382 e. The molecule has 0 spiro atoms. The lowest BCUT2D eigenvalue weighted by Crippen LogP contribution is -2.07. The Morgan fingerprint density at radius 2 is 2.09 bits per heavy atom. The SMILES string of the molecule is [CH]1C=C(C2CCCC2)C=CN1. The summed E-state index contributed by atoms with van der Waals surface area (Å²) in [5, 5.41) is 3.06.